The maximum absolute atomic E-state index is 12.9. The molecule has 0 heterocycles. The third-order valence-electron chi connectivity index (χ3n) is 2.95. The van der Waals surface area contributed by atoms with Gasteiger partial charge in [0, 0.05) is 5.56 Å². The van der Waals surface area contributed by atoms with Crippen LogP contribution in [0.5, 0.6) is 5.75 Å². The van der Waals surface area contributed by atoms with Gasteiger partial charge >= 0.3 is 6.61 Å². The van der Waals surface area contributed by atoms with Gasteiger partial charge in [0.05, 0.1) is 6.07 Å². The van der Waals surface area contributed by atoms with Gasteiger partial charge in [0.25, 0.3) is 5.91 Å². The first-order valence-electron chi connectivity index (χ1n) is 6.50. The van der Waals surface area contributed by atoms with Gasteiger partial charge in [0.1, 0.15) is 17.6 Å². The number of amides is 1. The van der Waals surface area contributed by atoms with Crippen molar-refractivity contribution in [3.05, 3.63) is 65.5 Å². The molecule has 1 atom stereocenters. The standard InChI is InChI=1S/C16H11F3N2O2/c17-12-5-1-10(2-6-12)14(9-20)21-15(22)11-3-7-13(8-4-11)23-16(18)19/h1-8,14,16H,(H,21,22)/t14-/m0/s1. The first-order chi connectivity index (χ1) is 11.0. The average molecular weight is 320 g/mol. The summed E-state index contributed by atoms with van der Waals surface area (Å²) in [6.07, 6.45) is 0. The topological polar surface area (TPSA) is 62.1 Å². The Hall–Kier alpha value is -3.01. The minimum atomic E-state index is -2.95. The lowest BCUT2D eigenvalue weighted by Crippen LogP contribution is -2.27. The summed E-state index contributed by atoms with van der Waals surface area (Å²) in [6.45, 7) is -2.95. The Morgan fingerprint density at radius 2 is 1.70 bits per heavy atom. The van der Waals surface area contributed by atoms with Crippen LogP contribution in [0.25, 0.3) is 0 Å². The molecule has 2 rings (SSSR count). The Labute approximate surface area is 130 Å². The number of hydrogen-bond acceptors (Lipinski definition) is 3. The molecule has 4 nitrogen and oxygen atoms in total. The van der Waals surface area contributed by atoms with E-state index in [0.29, 0.717) is 5.56 Å². The number of nitriles is 1. The molecule has 0 saturated carbocycles. The smallest absolute Gasteiger partial charge is 0.387 e. The lowest BCUT2D eigenvalue weighted by atomic mass is 10.1. The molecular formula is C16H11F3N2O2. The summed E-state index contributed by atoms with van der Waals surface area (Å²) >= 11 is 0. The van der Waals surface area contributed by atoms with Gasteiger partial charge in [-0.1, -0.05) is 12.1 Å². The first kappa shape index (κ1) is 16.4. The van der Waals surface area contributed by atoms with Gasteiger partial charge in [0.15, 0.2) is 0 Å². The largest absolute Gasteiger partial charge is 0.435 e. The highest BCUT2D eigenvalue weighted by Crippen LogP contribution is 2.17. The van der Waals surface area contributed by atoms with Crippen LogP contribution in [0.15, 0.2) is 48.5 Å². The molecule has 2 aromatic rings. The fraction of sp³-hybridized carbons (Fsp3) is 0.125. The van der Waals surface area contributed by atoms with Crippen molar-refractivity contribution in [3.63, 3.8) is 0 Å². The molecule has 0 unspecified atom stereocenters. The van der Waals surface area contributed by atoms with Crippen LogP contribution in [0, 0.1) is 17.1 Å². The van der Waals surface area contributed by atoms with E-state index < -0.39 is 24.4 Å². The Kier molecular flexibility index (Phi) is 5.20. The minimum Gasteiger partial charge on any atom is -0.435 e. The highest BCUT2D eigenvalue weighted by atomic mass is 19.3. The van der Waals surface area contributed by atoms with Crippen LogP contribution in [-0.2, 0) is 0 Å². The highest BCUT2D eigenvalue weighted by molar-refractivity contribution is 5.94. The molecule has 0 fully saturated rings. The normalized spacial score (nSPS) is 11.6. The molecule has 0 spiro atoms. The number of benzene rings is 2. The zero-order valence-electron chi connectivity index (χ0n) is 11.7. The number of halogens is 3. The number of alkyl halides is 2. The third-order valence-corrected chi connectivity index (χ3v) is 2.95. The third kappa shape index (κ3) is 4.48. The van der Waals surface area contributed by atoms with E-state index in [9.17, 15) is 18.0 Å². The maximum atomic E-state index is 12.9. The van der Waals surface area contributed by atoms with Gasteiger partial charge in [0.2, 0.25) is 0 Å². The molecule has 1 N–H and O–H groups in total. The second-order valence-corrected chi connectivity index (χ2v) is 4.49. The highest BCUT2D eigenvalue weighted by Gasteiger charge is 2.15. The SMILES string of the molecule is N#C[C@H](NC(=O)c1ccc(OC(F)F)cc1)c1ccc(F)cc1. The number of nitrogens with one attached hydrogen (secondary N) is 1. The first-order valence-corrected chi connectivity index (χ1v) is 6.50. The number of nitrogens with zero attached hydrogens (tertiary/aromatic N) is 1. The van der Waals surface area contributed by atoms with Gasteiger partial charge in [-0.2, -0.15) is 14.0 Å². The van der Waals surface area contributed by atoms with E-state index in [2.05, 4.69) is 10.1 Å². The summed E-state index contributed by atoms with van der Waals surface area (Å²) in [4.78, 5) is 12.1. The molecule has 0 bridgehead atoms. The molecule has 0 aliphatic rings. The van der Waals surface area contributed by atoms with E-state index in [4.69, 9.17) is 5.26 Å². The van der Waals surface area contributed by atoms with E-state index in [1.54, 1.807) is 0 Å². The number of carbonyl (C=O) groups is 1. The van der Waals surface area contributed by atoms with Gasteiger partial charge < -0.3 is 10.1 Å². The number of hydrogen-bond donors (Lipinski definition) is 1. The second kappa shape index (κ2) is 7.31. The predicted molar refractivity (Wildman–Crippen MR) is 75.3 cm³/mol. The molecular weight excluding hydrogens is 309 g/mol. The van der Waals surface area contributed by atoms with E-state index >= 15 is 0 Å². The van der Waals surface area contributed by atoms with Gasteiger partial charge in [-0.3, -0.25) is 4.79 Å². The molecule has 1 amide bonds. The van der Waals surface area contributed by atoms with Crippen molar-refractivity contribution in [2.45, 2.75) is 12.7 Å². The number of rotatable bonds is 5. The van der Waals surface area contributed by atoms with Crippen LogP contribution >= 0.6 is 0 Å². The summed E-state index contributed by atoms with van der Waals surface area (Å²) in [7, 11) is 0. The zero-order chi connectivity index (χ0) is 16.8. The summed E-state index contributed by atoms with van der Waals surface area (Å²) < 4.78 is 41.2. The van der Waals surface area contributed by atoms with Crippen molar-refractivity contribution in [1.29, 1.82) is 5.26 Å². The fourth-order valence-corrected chi connectivity index (χ4v) is 1.85. The summed E-state index contributed by atoms with van der Waals surface area (Å²) in [5, 5.41) is 11.6. The van der Waals surface area contributed by atoms with Crippen LogP contribution in [0.3, 0.4) is 0 Å². The van der Waals surface area contributed by atoms with E-state index in [1.165, 1.54) is 48.5 Å². The molecule has 0 aliphatic heterocycles. The van der Waals surface area contributed by atoms with Crippen LogP contribution in [0.4, 0.5) is 13.2 Å². The Balaban J connectivity index is 2.07. The van der Waals surface area contributed by atoms with Crippen LogP contribution in [-0.4, -0.2) is 12.5 Å². The average Bonchev–Trinajstić information content (AvgIpc) is 2.53. The summed E-state index contributed by atoms with van der Waals surface area (Å²) in [5.74, 6) is -1.09. The van der Waals surface area contributed by atoms with E-state index in [1.807, 2.05) is 6.07 Å². The van der Waals surface area contributed by atoms with Gasteiger partial charge in [-0.05, 0) is 42.0 Å². The van der Waals surface area contributed by atoms with Crippen molar-refractivity contribution < 1.29 is 22.7 Å². The second-order valence-electron chi connectivity index (χ2n) is 4.49. The molecule has 0 radical (unpaired) electrons. The molecule has 23 heavy (non-hydrogen) atoms. The number of ether oxygens (including phenoxy) is 1. The Morgan fingerprint density at radius 3 is 2.22 bits per heavy atom. The molecule has 2 aromatic carbocycles. The maximum Gasteiger partial charge on any atom is 0.387 e. The lowest BCUT2D eigenvalue weighted by molar-refractivity contribution is -0.0498. The monoisotopic (exact) mass is 320 g/mol. The van der Waals surface area contributed by atoms with Crippen molar-refractivity contribution in [3.8, 4) is 11.8 Å². The summed E-state index contributed by atoms with van der Waals surface area (Å²) in [6, 6.07) is 11.1. The molecule has 0 aliphatic carbocycles. The predicted octanol–water partition coefficient (Wildman–Crippen LogP) is 3.42. The van der Waals surface area contributed by atoms with Crippen molar-refractivity contribution >= 4 is 5.91 Å². The van der Waals surface area contributed by atoms with Crippen LogP contribution in [0.1, 0.15) is 22.0 Å². The van der Waals surface area contributed by atoms with Crippen molar-refractivity contribution in [2.24, 2.45) is 0 Å². The summed E-state index contributed by atoms with van der Waals surface area (Å²) in [5.41, 5.74) is 0.605. The Morgan fingerprint density at radius 1 is 1.09 bits per heavy atom. The molecule has 0 aromatic heterocycles. The minimum absolute atomic E-state index is 0.0769. The number of carbonyl (C=O) groups excluding carboxylic acids is 1. The van der Waals surface area contributed by atoms with Crippen LogP contribution in [0.2, 0.25) is 0 Å². The molecule has 0 saturated heterocycles. The van der Waals surface area contributed by atoms with Gasteiger partial charge in [-0.25, -0.2) is 4.39 Å². The van der Waals surface area contributed by atoms with Gasteiger partial charge in [-0.15, -0.1) is 0 Å². The van der Waals surface area contributed by atoms with E-state index in [-0.39, 0.29) is 11.3 Å². The quantitative estimate of drug-likeness (QED) is 0.918. The van der Waals surface area contributed by atoms with Crippen molar-refractivity contribution in [2.75, 3.05) is 0 Å². The lowest BCUT2D eigenvalue weighted by Gasteiger charge is -2.12. The molecule has 7 heteroatoms. The zero-order valence-corrected chi connectivity index (χ0v) is 11.7. The van der Waals surface area contributed by atoms with E-state index in [0.717, 1.165) is 0 Å². The van der Waals surface area contributed by atoms with Crippen LogP contribution < -0.4 is 10.1 Å². The Bertz CT molecular complexity index is 710. The van der Waals surface area contributed by atoms with Crippen molar-refractivity contribution in [1.82, 2.24) is 5.32 Å². The fourth-order valence-electron chi connectivity index (χ4n) is 1.85. The molecule has 118 valence electrons.